The summed E-state index contributed by atoms with van der Waals surface area (Å²) in [6.45, 7) is 4.80. The lowest BCUT2D eigenvalue weighted by atomic mass is 9.63. The molecule has 4 aliphatic rings. The Balaban J connectivity index is 0.00000130. The topological polar surface area (TPSA) is 103 Å². The van der Waals surface area contributed by atoms with Crippen LogP contribution in [0.1, 0.15) is 50.2 Å². The molecule has 1 aromatic carbocycles. The Bertz CT molecular complexity index is 1290. The third-order valence-corrected chi connectivity index (χ3v) is 9.96. The molecular formula is C26H32F4N4O3S. The summed E-state index contributed by atoms with van der Waals surface area (Å²) < 4.78 is 52.0. The number of rotatable bonds is 5. The average molecular weight is 557 g/mol. The fourth-order valence-electron chi connectivity index (χ4n) is 6.28. The molecule has 12 heteroatoms. The van der Waals surface area contributed by atoms with Gasteiger partial charge in [0.2, 0.25) is 11.9 Å². The van der Waals surface area contributed by atoms with Gasteiger partial charge in [0, 0.05) is 58.0 Å². The number of amides is 1. The number of nitrogens with one attached hydrogen (secondary N) is 2. The highest BCUT2D eigenvalue weighted by Crippen LogP contribution is 2.54. The molecule has 2 aliphatic heterocycles. The molecule has 2 aliphatic carbocycles. The quantitative estimate of drug-likeness (QED) is 0.406. The van der Waals surface area contributed by atoms with Crippen molar-refractivity contribution in [1.29, 1.82) is 5.41 Å². The molecule has 7 nitrogen and oxygen atoms in total. The molecule has 2 heterocycles. The second-order valence-corrected chi connectivity index (χ2v) is 13.4. The summed E-state index contributed by atoms with van der Waals surface area (Å²) in [5.74, 6) is -0.0477. The fraction of sp³-hybridized carbons (Fsp3) is 0.500. The molecule has 1 atom stereocenters. The lowest BCUT2D eigenvalue weighted by Gasteiger charge is -2.52. The Labute approximate surface area is 219 Å². The van der Waals surface area contributed by atoms with Crippen molar-refractivity contribution < 1.29 is 31.5 Å². The first-order chi connectivity index (χ1) is 17.4. The Morgan fingerprint density at radius 3 is 2.34 bits per heavy atom. The largest absolute Gasteiger partial charge is 0.343 e. The maximum Gasteiger partial charge on any atom is 0.225 e. The molecule has 208 valence electrons. The Hall–Kier alpha value is -3.02. The highest BCUT2D eigenvalue weighted by molar-refractivity contribution is 7.92. The molecule has 0 unspecified atom stereocenters. The van der Waals surface area contributed by atoms with Crippen LogP contribution in [0.5, 0.6) is 0 Å². The fourth-order valence-corrected chi connectivity index (χ4v) is 8.53. The van der Waals surface area contributed by atoms with Crippen LogP contribution in [0.3, 0.4) is 0 Å². The molecule has 2 fully saturated rings. The number of allylic oxidation sites excluding steroid dienone is 3. The summed E-state index contributed by atoms with van der Waals surface area (Å²) >= 11 is 0. The van der Waals surface area contributed by atoms with Gasteiger partial charge in [-0.3, -0.25) is 14.9 Å². The number of carbonyl (C=O) groups is 1. The molecule has 1 aromatic rings. The second-order valence-electron chi connectivity index (χ2n) is 11.3. The van der Waals surface area contributed by atoms with E-state index in [9.17, 15) is 17.6 Å². The normalized spacial score (nSPS) is 24.7. The van der Waals surface area contributed by atoms with Crippen LogP contribution >= 0.6 is 0 Å². The van der Waals surface area contributed by atoms with Crippen LogP contribution in [0.15, 0.2) is 52.4 Å². The predicted octanol–water partition coefficient (Wildman–Crippen LogP) is 4.69. The number of benzene rings is 1. The standard InChI is InChI=1S/C26H31FN4O3S.F2.FH/c1-25(2)11-19(20-12-29-22(8-21(27)28)30-23(20)25)17-6-4-16(5-7-17)13-31(3)24(32)18-9-26(10-18)14-35(33,34)15-26;1-2;/h4-8,12,18-19,28,30H,9-11,13-15H2,1-3H3;;1H/b22-8-,28-21?;;/t19-;;/m1../s1. The van der Waals surface area contributed by atoms with Crippen LogP contribution in [-0.4, -0.2) is 50.0 Å². The molecule has 0 bridgehead atoms. The summed E-state index contributed by atoms with van der Waals surface area (Å²) in [5, 5.41) is 10.3. The van der Waals surface area contributed by atoms with Crippen LogP contribution in [0.25, 0.3) is 0 Å². The number of carbonyl (C=O) groups excluding carboxylic acids is 1. The summed E-state index contributed by atoms with van der Waals surface area (Å²) in [5.41, 5.74) is 4.01. The highest BCUT2D eigenvalue weighted by atomic mass is 32.2. The second kappa shape index (κ2) is 10.6. The molecule has 5 rings (SSSR count). The van der Waals surface area contributed by atoms with E-state index < -0.39 is 15.8 Å². The predicted molar refractivity (Wildman–Crippen MR) is 138 cm³/mol. The molecule has 38 heavy (non-hydrogen) atoms. The van der Waals surface area contributed by atoms with Crippen molar-refractivity contribution in [3.63, 3.8) is 0 Å². The maximum atomic E-state index is 13.0. The van der Waals surface area contributed by atoms with Gasteiger partial charge in [-0.2, -0.15) is 4.39 Å². The van der Waals surface area contributed by atoms with Gasteiger partial charge < -0.3 is 10.2 Å². The third-order valence-electron chi connectivity index (χ3n) is 7.85. The number of hydrogen-bond acceptors (Lipinski definition) is 6. The van der Waals surface area contributed by atoms with Crippen molar-refractivity contribution in [3.8, 4) is 0 Å². The van der Waals surface area contributed by atoms with Crippen molar-refractivity contribution in [2.24, 2.45) is 21.7 Å². The molecule has 2 N–H and O–H groups in total. The van der Waals surface area contributed by atoms with E-state index in [0.29, 0.717) is 25.2 Å². The Morgan fingerprint density at radius 1 is 1.18 bits per heavy atom. The van der Waals surface area contributed by atoms with Crippen molar-refractivity contribution in [1.82, 2.24) is 10.2 Å². The van der Waals surface area contributed by atoms with E-state index in [1.807, 2.05) is 7.05 Å². The molecule has 1 amide bonds. The summed E-state index contributed by atoms with van der Waals surface area (Å²) in [6.07, 6.45) is 5.10. The van der Waals surface area contributed by atoms with E-state index in [-0.39, 0.29) is 44.8 Å². The number of aliphatic imine (C=N–C) groups is 1. The molecule has 1 saturated heterocycles. The van der Waals surface area contributed by atoms with E-state index in [0.717, 1.165) is 34.9 Å². The van der Waals surface area contributed by atoms with Crippen LogP contribution in [0, 0.1) is 22.2 Å². The van der Waals surface area contributed by atoms with Gasteiger partial charge in [0.15, 0.2) is 9.84 Å². The van der Waals surface area contributed by atoms with Crippen molar-refractivity contribution >= 4 is 27.9 Å². The van der Waals surface area contributed by atoms with E-state index in [1.165, 1.54) is 0 Å². The van der Waals surface area contributed by atoms with Crippen LogP contribution in [0.2, 0.25) is 0 Å². The van der Waals surface area contributed by atoms with Gasteiger partial charge in [-0.1, -0.05) is 38.1 Å². The van der Waals surface area contributed by atoms with Crippen LogP contribution in [0.4, 0.5) is 18.2 Å². The summed E-state index contributed by atoms with van der Waals surface area (Å²) in [4.78, 5) is 18.9. The number of halogens is 4. The number of hydrogen-bond donors (Lipinski definition) is 2. The highest BCUT2D eigenvalue weighted by Gasteiger charge is 2.58. The zero-order valence-corrected chi connectivity index (χ0v) is 22.2. The van der Waals surface area contributed by atoms with E-state index in [2.05, 4.69) is 48.4 Å². The maximum absolute atomic E-state index is 13.0. The number of sulfone groups is 1. The minimum atomic E-state index is -2.87. The zero-order valence-electron chi connectivity index (χ0n) is 21.4. The van der Waals surface area contributed by atoms with Gasteiger partial charge >= 0.3 is 0 Å². The van der Waals surface area contributed by atoms with Gasteiger partial charge in [0.25, 0.3) is 0 Å². The third kappa shape index (κ3) is 5.69. The Morgan fingerprint density at radius 2 is 1.79 bits per heavy atom. The molecule has 0 aromatic heterocycles. The van der Waals surface area contributed by atoms with E-state index in [1.54, 1.807) is 11.1 Å². The van der Waals surface area contributed by atoms with Gasteiger partial charge in [-0.15, -0.1) is 0 Å². The summed E-state index contributed by atoms with van der Waals surface area (Å²) in [7, 11) is -1.06. The monoisotopic (exact) mass is 556 g/mol. The van der Waals surface area contributed by atoms with E-state index >= 15 is 0 Å². The minimum Gasteiger partial charge on any atom is -0.343 e. The van der Waals surface area contributed by atoms with Gasteiger partial charge in [0.05, 0.1) is 11.5 Å². The van der Waals surface area contributed by atoms with Gasteiger partial charge in [0.1, 0.15) is 5.82 Å². The zero-order chi connectivity index (χ0) is 27.2. The van der Waals surface area contributed by atoms with Crippen LogP contribution in [-0.2, 0) is 21.2 Å². The van der Waals surface area contributed by atoms with Crippen molar-refractivity contribution in [2.75, 3.05) is 18.6 Å². The van der Waals surface area contributed by atoms with Gasteiger partial charge in [-0.25, -0.2) is 13.4 Å². The molecule has 0 radical (unpaired) electrons. The smallest absolute Gasteiger partial charge is 0.225 e. The number of nitrogens with zero attached hydrogens (tertiary/aromatic N) is 2. The van der Waals surface area contributed by atoms with Crippen molar-refractivity contribution in [2.45, 2.75) is 45.6 Å². The van der Waals surface area contributed by atoms with E-state index in [4.69, 9.17) is 14.6 Å². The summed E-state index contributed by atoms with van der Waals surface area (Å²) in [6, 6.07) is 8.29. The first-order valence-electron chi connectivity index (χ1n) is 12.1. The molecule has 1 saturated carbocycles. The molecular weight excluding hydrogens is 524 g/mol. The first-order valence-corrected chi connectivity index (χ1v) is 13.9. The average Bonchev–Trinajstić information content (AvgIpc) is 3.07. The SMILES string of the molecule is CN(Cc1ccc([C@H]2CC(C)(C)C3=C2C=N/C(=C/C(=N)F)N3)cc1)C(=O)C1CC2(C1)CS(=O)(=O)C2.F.FF. The first kappa shape index (κ1) is 29.5. The van der Waals surface area contributed by atoms with Crippen LogP contribution < -0.4 is 5.32 Å². The van der Waals surface area contributed by atoms with Gasteiger partial charge in [-0.05, 0) is 41.4 Å². The minimum absolute atomic E-state index is 0. The Kier molecular flexibility index (Phi) is 8.26. The lowest BCUT2D eigenvalue weighted by Crippen LogP contribution is -2.59. The lowest BCUT2D eigenvalue weighted by molar-refractivity contribution is -0.141. The van der Waals surface area contributed by atoms with Crippen molar-refractivity contribution in [3.05, 3.63) is 58.6 Å². The molecule has 1 spiro atoms.